The van der Waals surface area contributed by atoms with Crippen LogP contribution in [0.5, 0.6) is 0 Å². The molecular weight excluding hydrogens is 307 g/mol. The van der Waals surface area contributed by atoms with Crippen LogP contribution in [0, 0.1) is 0 Å². The number of benzene rings is 1. The molecule has 2 rings (SSSR count). The first-order valence-corrected chi connectivity index (χ1v) is 6.94. The van der Waals surface area contributed by atoms with Gasteiger partial charge in [-0.3, -0.25) is 0 Å². The maximum Gasteiger partial charge on any atom is 0.490 e. The highest BCUT2D eigenvalue weighted by Crippen LogP contribution is 2.31. The van der Waals surface area contributed by atoms with E-state index in [0.717, 1.165) is 5.56 Å². The van der Waals surface area contributed by atoms with Gasteiger partial charge < -0.3 is 10.1 Å². The molecule has 1 aromatic carbocycles. The fourth-order valence-electron chi connectivity index (χ4n) is 2.43. The monoisotopic (exact) mass is 321 g/mol. The average Bonchev–Trinajstić information content (AvgIpc) is 2.41. The lowest BCUT2D eigenvalue weighted by Crippen LogP contribution is -2.48. The number of alkyl halides is 3. The standard InChI is InChI=1S/C14H15ClF3NO2/c15-11-3-1-10(2-4-11)9-13(5-7-19-8-6-13)21-12(20)14(16,17)18/h1-4,19H,5-9H2. The van der Waals surface area contributed by atoms with Crippen LogP contribution in [0.2, 0.25) is 5.02 Å². The molecule has 1 N–H and O–H groups in total. The van der Waals surface area contributed by atoms with Gasteiger partial charge in [-0.25, -0.2) is 4.79 Å². The van der Waals surface area contributed by atoms with E-state index in [1.165, 1.54) is 0 Å². The molecule has 0 radical (unpaired) electrons. The van der Waals surface area contributed by atoms with Crippen LogP contribution in [0.4, 0.5) is 13.2 Å². The summed E-state index contributed by atoms with van der Waals surface area (Å²) in [5.74, 6) is -2.13. The largest absolute Gasteiger partial charge is 0.490 e. The van der Waals surface area contributed by atoms with E-state index in [4.69, 9.17) is 16.3 Å². The lowest BCUT2D eigenvalue weighted by atomic mass is 9.85. The van der Waals surface area contributed by atoms with Crippen LogP contribution in [0.25, 0.3) is 0 Å². The molecule has 0 atom stereocenters. The van der Waals surface area contributed by atoms with Crippen molar-refractivity contribution in [3.8, 4) is 0 Å². The van der Waals surface area contributed by atoms with Gasteiger partial charge in [0.2, 0.25) is 0 Å². The van der Waals surface area contributed by atoms with Crippen molar-refractivity contribution in [3.05, 3.63) is 34.9 Å². The minimum absolute atomic E-state index is 0.244. The van der Waals surface area contributed by atoms with Crippen LogP contribution in [-0.4, -0.2) is 30.8 Å². The Kier molecular flexibility index (Phi) is 4.78. The summed E-state index contributed by atoms with van der Waals surface area (Å²) in [6.45, 7) is 1.03. The van der Waals surface area contributed by atoms with Gasteiger partial charge in [0, 0.05) is 24.3 Å². The zero-order valence-corrected chi connectivity index (χ0v) is 11.9. The molecular formula is C14H15ClF3NO2. The molecule has 0 spiro atoms. The Bertz CT molecular complexity index is 496. The first-order chi connectivity index (χ1) is 9.81. The number of esters is 1. The highest BCUT2D eigenvalue weighted by molar-refractivity contribution is 6.30. The first-order valence-electron chi connectivity index (χ1n) is 6.56. The molecule has 0 bridgehead atoms. The fraction of sp³-hybridized carbons (Fsp3) is 0.500. The predicted octanol–water partition coefficient (Wildman–Crippen LogP) is 3.11. The summed E-state index contributed by atoms with van der Waals surface area (Å²) in [6.07, 6.45) is -4.04. The van der Waals surface area contributed by atoms with Gasteiger partial charge in [-0.15, -0.1) is 0 Å². The molecule has 1 fully saturated rings. The number of piperidine rings is 1. The molecule has 1 aliphatic rings. The molecule has 21 heavy (non-hydrogen) atoms. The van der Waals surface area contributed by atoms with Gasteiger partial charge in [0.05, 0.1) is 0 Å². The zero-order chi connectivity index (χ0) is 15.5. The summed E-state index contributed by atoms with van der Waals surface area (Å²) in [6, 6.07) is 6.79. The van der Waals surface area contributed by atoms with E-state index in [2.05, 4.69) is 5.32 Å². The van der Waals surface area contributed by atoms with Gasteiger partial charge in [-0.2, -0.15) is 13.2 Å². The summed E-state index contributed by atoms with van der Waals surface area (Å²) in [5, 5.41) is 3.60. The molecule has 1 aliphatic heterocycles. The van der Waals surface area contributed by atoms with Crippen molar-refractivity contribution in [1.29, 1.82) is 0 Å². The molecule has 0 unspecified atom stereocenters. The van der Waals surface area contributed by atoms with Crippen molar-refractivity contribution in [2.45, 2.75) is 31.0 Å². The lowest BCUT2D eigenvalue weighted by molar-refractivity contribution is -0.216. The van der Waals surface area contributed by atoms with E-state index < -0.39 is 17.7 Å². The van der Waals surface area contributed by atoms with E-state index in [0.29, 0.717) is 31.0 Å². The zero-order valence-electron chi connectivity index (χ0n) is 11.2. The van der Waals surface area contributed by atoms with Crippen LogP contribution in [0.15, 0.2) is 24.3 Å². The first kappa shape index (κ1) is 16.1. The van der Waals surface area contributed by atoms with Crippen molar-refractivity contribution in [1.82, 2.24) is 5.32 Å². The molecule has 7 heteroatoms. The number of halogens is 4. The third kappa shape index (κ3) is 4.35. The third-order valence-corrected chi connectivity index (χ3v) is 3.75. The highest BCUT2D eigenvalue weighted by Gasteiger charge is 2.46. The summed E-state index contributed by atoms with van der Waals surface area (Å²) < 4.78 is 42.2. The van der Waals surface area contributed by atoms with Gasteiger partial charge in [0.1, 0.15) is 5.60 Å². The molecule has 1 aromatic rings. The Balaban J connectivity index is 2.16. The van der Waals surface area contributed by atoms with Crippen LogP contribution < -0.4 is 5.32 Å². The number of hydrogen-bond donors (Lipinski definition) is 1. The van der Waals surface area contributed by atoms with Crippen LogP contribution >= 0.6 is 11.6 Å². The summed E-state index contributed by atoms with van der Waals surface area (Å²) in [4.78, 5) is 11.2. The van der Waals surface area contributed by atoms with Gasteiger partial charge in [-0.1, -0.05) is 23.7 Å². The van der Waals surface area contributed by atoms with Gasteiger partial charge in [-0.05, 0) is 30.8 Å². The van der Waals surface area contributed by atoms with E-state index >= 15 is 0 Å². The minimum Gasteiger partial charge on any atom is -0.452 e. The van der Waals surface area contributed by atoms with Crippen molar-refractivity contribution in [2.75, 3.05) is 13.1 Å². The van der Waals surface area contributed by atoms with Crippen LogP contribution in [-0.2, 0) is 16.0 Å². The van der Waals surface area contributed by atoms with Gasteiger partial charge in [0.15, 0.2) is 0 Å². The molecule has 1 heterocycles. The Labute approximate surface area is 125 Å². The molecule has 0 amide bonds. The normalized spacial score (nSPS) is 18.3. The SMILES string of the molecule is O=C(OC1(Cc2ccc(Cl)cc2)CCNCC1)C(F)(F)F. The fourth-order valence-corrected chi connectivity index (χ4v) is 2.55. The molecule has 0 saturated carbocycles. The number of nitrogens with one attached hydrogen (secondary N) is 1. The number of carbonyl (C=O) groups is 1. The molecule has 0 aliphatic carbocycles. The number of hydrogen-bond acceptors (Lipinski definition) is 3. The molecule has 0 aromatic heterocycles. The molecule has 3 nitrogen and oxygen atoms in total. The molecule has 1 saturated heterocycles. The minimum atomic E-state index is -4.97. The van der Waals surface area contributed by atoms with E-state index in [1.54, 1.807) is 24.3 Å². The second-order valence-corrected chi connectivity index (χ2v) is 5.56. The second kappa shape index (κ2) is 6.23. The van der Waals surface area contributed by atoms with Crippen molar-refractivity contribution >= 4 is 17.6 Å². The Morgan fingerprint density at radius 3 is 2.33 bits per heavy atom. The Morgan fingerprint density at radius 1 is 1.24 bits per heavy atom. The Hall–Kier alpha value is -1.27. The number of ether oxygens (including phenoxy) is 1. The van der Waals surface area contributed by atoms with Gasteiger partial charge >= 0.3 is 12.1 Å². The maximum atomic E-state index is 12.5. The third-order valence-electron chi connectivity index (χ3n) is 3.49. The smallest absolute Gasteiger partial charge is 0.452 e. The molecule has 116 valence electrons. The van der Waals surface area contributed by atoms with Crippen LogP contribution in [0.3, 0.4) is 0 Å². The summed E-state index contributed by atoms with van der Waals surface area (Å²) in [7, 11) is 0. The van der Waals surface area contributed by atoms with E-state index in [1.807, 2.05) is 0 Å². The maximum absolute atomic E-state index is 12.5. The highest BCUT2D eigenvalue weighted by atomic mass is 35.5. The summed E-state index contributed by atoms with van der Waals surface area (Å²) >= 11 is 5.79. The van der Waals surface area contributed by atoms with Gasteiger partial charge in [0.25, 0.3) is 0 Å². The quantitative estimate of drug-likeness (QED) is 0.869. The Morgan fingerprint density at radius 2 is 1.81 bits per heavy atom. The van der Waals surface area contributed by atoms with Crippen molar-refractivity contribution < 1.29 is 22.7 Å². The lowest BCUT2D eigenvalue weighted by Gasteiger charge is -2.37. The average molecular weight is 322 g/mol. The van der Waals surface area contributed by atoms with E-state index in [9.17, 15) is 18.0 Å². The second-order valence-electron chi connectivity index (χ2n) is 5.12. The van der Waals surface area contributed by atoms with Crippen LogP contribution in [0.1, 0.15) is 18.4 Å². The van der Waals surface area contributed by atoms with E-state index in [-0.39, 0.29) is 6.42 Å². The summed E-state index contributed by atoms with van der Waals surface area (Å²) in [5.41, 5.74) is -0.331. The van der Waals surface area contributed by atoms with Crippen molar-refractivity contribution in [3.63, 3.8) is 0 Å². The topological polar surface area (TPSA) is 38.3 Å². The predicted molar refractivity (Wildman–Crippen MR) is 72.1 cm³/mol. The van der Waals surface area contributed by atoms with Crippen molar-refractivity contribution in [2.24, 2.45) is 0 Å². The number of rotatable bonds is 3. The number of carbonyl (C=O) groups excluding carboxylic acids is 1.